The second-order valence-corrected chi connectivity index (χ2v) is 5.82. The first-order chi connectivity index (χ1) is 12.9. The highest BCUT2D eigenvalue weighted by molar-refractivity contribution is 6.22. The molecule has 1 unspecified atom stereocenters. The van der Waals surface area contributed by atoms with E-state index in [2.05, 4.69) is 10.9 Å². The Balaban J connectivity index is 1.66. The highest BCUT2D eigenvalue weighted by atomic mass is 16.4. The molecule has 1 aliphatic rings. The van der Waals surface area contributed by atoms with Gasteiger partial charge in [0.1, 0.15) is 11.8 Å². The van der Waals surface area contributed by atoms with E-state index in [4.69, 9.17) is 5.11 Å². The molecule has 0 spiro atoms. The van der Waals surface area contributed by atoms with Gasteiger partial charge in [0.2, 0.25) is 5.91 Å². The second kappa shape index (κ2) is 7.26. The van der Waals surface area contributed by atoms with Gasteiger partial charge in [-0.3, -0.25) is 19.8 Å². The van der Waals surface area contributed by atoms with Gasteiger partial charge in [0.25, 0.3) is 11.8 Å². The SMILES string of the molecule is O=C(O)c1ccc(N2C(=O)CC(NNC(=O)c3ccc(O)cc3)C2=O)cc1. The number of phenolic OH excluding ortho intramolecular Hbond substituents is 1. The Bertz CT molecular complexity index is 908. The van der Waals surface area contributed by atoms with Crippen LogP contribution >= 0.6 is 0 Å². The zero-order valence-corrected chi connectivity index (χ0v) is 13.9. The van der Waals surface area contributed by atoms with Crippen LogP contribution in [0.2, 0.25) is 0 Å². The van der Waals surface area contributed by atoms with E-state index in [1.165, 1.54) is 48.5 Å². The molecule has 2 aromatic rings. The van der Waals surface area contributed by atoms with Crippen LogP contribution in [0.1, 0.15) is 27.1 Å². The molecule has 1 fully saturated rings. The van der Waals surface area contributed by atoms with Crippen LogP contribution in [0.5, 0.6) is 5.75 Å². The van der Waals surface area contributed by atoms with Gasteiger partial charge in [-0.2, -0.15) is 0 Å². The number of aromatic carboxylic acids is 1. The third kappa shape index (κ3) is 3.77. The smallest absolute Gasteiger partial charge is 0.335 e. The molecule has 1 atom stereocenters. The molecule has 2 aromatic carbocycles. The molecule has 1 saturated heterocycles. The molecule has 27 heavy (non-hydrogen) atoms. The summed E-state index contributed by atoms with van der Waals surface area (Å²) in [6.07, 6.45) is -0.157. The summed E-state index contributed by atoms with van der Waals surface area (Å²) < 4.78 is 0. The number of benzene rings is 2. The first kappa shape index (κ1) is 18.1. The number of phenols is 1. The molecule has 4 N–H and O–H groups in total. The molecule has 138 valence electrons. The van der Waals surface area contributed by atoms with Crippen molar-refractivity contribution < 1.29 is 29.4 Å². The number of anilines is 1. The molecule has 0 aliphatic carbocycles. The number of carbonyl (C=O) groups is 4. The summed E-state index contributed by atoms with van der Waals surface area (Å²) in [7, 11) is 0. The maximum Gasteiger partial charge on any atom is 0.335 e. The Morgan fingerprint density at radius 1 is 0.963 bits per heavy atom. The fourth-order valence-corrected chi connectivity index (χ4v) is 2.61. The second-order valence-electron chi connectivity index (χ2n) is 5.82. The normalized spacial score (nSPS) is 16.4. The average Bonchev–Trinajstić information content (AvgIpc) is 2.94. The Kier molecular flexibility index (Phi) is 4.86. The molecule has 0 saturated carbocycles. The van der Waals surface area contributed by atoms with Crippen LogP contribution < -0.4 is 15.8 Å². The summed E-state index contributed by atoms with van der Waals surface area (Å²) in [5.41, 5.74) is 5.45. The minimum atomic E-state index is -1.11. The van der Waals surface area contributed by atoms with Gasteiger partial charge in [0.05, 0.1) is 17.7 Å². The summed E-state index contributed by atoms with van der Waals surface area (Å²) in [4.78, 5) is 48.5. The lowest BCUT2D eigenvalue weighted by molar-refractivity contribution is -0.121. The van der Waals surface area contributed by atoms with Crippen molar-refractivity contribution in [3.05, 3.63) is 59.7 Å². The molecule has 0 radical (unpaired) electrons. The summed E-state index contributed by atoms with van der Waals surface area (Å²) in [5, 5.41) is 18.1. The van der Waals surface area contributed by atoms with E-state index in [0.717, 1.165) is 4.90 Å². The maximum absolute atomic E-state index is 12.5. The lowest BCUT2D eigenvalue weighted by Crippen LogP contribution is -2.48. The quantitative estimate of drug-likeness (QED) is 0.449. The van der Waals surface area contributed by atoms with Gasteiger partial charge in [-0.05, 0) is 48.5 Å². The summed E-state index contributed by atoms with van der Waals surface area (Å²) in [5.74, 6) is -2.66. The number of nitrogens with zero attached hydrogens (tertiary/aromatic N) is 1. The Morgan fingerprint density at radius 2 is 1.56 bits per heavy atom. The Hall–Kier alpha value is -3.72. The van der Waals surface area contributed by atoms with E-state index >= 15 is 0 Å². The van der Waals surface area contributed by atoms with Gasteiger partial charge in [0, 0.05) is 5.56 Å². The third-order valence-electron chi connectivity index (χ3n) is 4.01. The van der Waals surface area contributed by atoms with Crippen molar-refractivity contribution in [1.82, 2.24) is 10.9 Å². The maximum atomic E-state index is 12.5. The minimum Gasteiger partial charge on any atom is -0.508 e. The van der Waals surface area contributed by atoms with E-state index in [-0.39, 0.29) is 29.0 Å². The van der Waals surface area contributed by atoms with Gasteiger partial charge in [-0.1, -0.05) is 0 Å². The highest BCUT2D eigenvalue weighted by Gasteiger charge is 2.39. The van der Waals surface area contributed by atoms with E-state index in [1.807, 2.05) is 0 Å². The number of hydrazine groups is 1. The van der Waals surface area contributed by atoms with E-state index in [9.17, 15) is 24.3 Å². The van der Waals surface area contributed by atoms with Crippen molar-refractivity contribution >= 4 is 29.4 Å². The van der Waals surface area contributed by atoms with Gasteiger partial charge < -0.3 is 10.2 Å². The number of carboxylic acids is 1. The van der Waals surface area contributed by atoms with Crippen LogP contribution in [0.3, 0.4) is 0 Å². The fraction of sp³-hybridized carbons (Fsp3) is 0.111. The van der Waals surface area contributed by atoms with E-state index in [0.29, 0.717) is 0 Å². The minimum absolute atomic E-state index is 0.0145. The predicted molar refractivity (Wildman–Crippen MR) is 93.0 cm³/mol. The summed E-state index contributed by atoms with van der Waals surface area (Å²) in [6.45, 7) is 0. The fourth-order valence-electron chi connectivity index (χ4n) is 2.61. The largest absolute Gasteiger partial charge is 0.508 e. The molecular weight excluding hydrogens is 354 g/mol. The molecule has 9 nitrogen and oxygen atoms in total. The standard InChI is InChI=1S/C18H15N3O6/c22-13-7-3-10(4-8-13)16(24)20-19-14-9-15(23)21(17(14)25)12-5-1-11(2-6-12)18(26)27/h1-8,14,19,22H,9H2,(H,20,24)(H,26,27). The van der Waals surface area contributed by atoms with Crippen LogP contribution in [-0.2, 0) is 9.59 Å². The summed E-state index contributed by atoms with van der Waals surface area (Å²) >= 11 is 0. The number of hydrogen-bond acceptors (Lipinski definition) is 6. The van der Waals surface area contributed by atoms with Crippen LogP contribution in [0.15, 0.2) is 48.5 Å². The topological polar surface area (TPSA) is 136 Å². The van der Waals surface area contributed by atoms with Crippen molar-refractivity contribution in [3.8, 4) is 5.75 Å². The first-order valence-corrected chi connectivity index (χ1v) is 7.92. The van der Waals surface area contributed by atoms with E-state index < -0.39 is 29.7 Å². The molecule has 3 amide bonds. The van der Waals surface area contributed by atoms with Crippen molar-refractivity contribution in [2.45, 2.75) is 12.5 Å². The van der Waals surface area contributed by atoms with Gasteiger partial charge in [0.15, 0.2) is 0 Å². The number of carbonyl (C=O) groups excluding carboxylic acids is 3. The van der Waals surface area contributed by atoms with Crippen molar-refractivity contribution in [1.29, 1.82) is 0 Å². The van der Waals surface area contributed by atoms with Gasteiger partial charge >= 0.3 is 5.97 Å². The van der Waals surface area contributed by atoms with Crippen molar-refractivity contribution in [2.24, 2.45) is 0 Å². The molecule has 1 aliphatic heterocycles. The number of imide groups is 1. The van der Waals surface area contributed by atoms with Crippen molar-refractivity contribution in [3.63, 3.8) is 0 Å². The number of rotatable bonds is 5. The van der Waals surface area contributed by atoms with Crippen LogP contribution in [0.4, 0.5) is 5.69 Å². The molecule has 9 heteroatoms. The van der Waals surface area contributed by atoms with Crippen LogP contribution in [0, 0.1) is 0 Å². The first-order valence-electron chi connectivity index (χ1n) is 7.92. The monoisotopic (exact) mass is 369 g/mol. The number of aromatic hydroxyl groups is 1. The molecule has 3 rings (SSSR count). The van der Waals surface area contributed by atoms with Gasteiger partial charge in [-0.25, -0.2) is 15.1 Å². The lowest BCUT2D eigenvalue weighted by Gasteiger charge is -2.16. The lowest BCUT2D eigenvalue weighted by atomic mass is 10.2. The van der Waals surface area contributed by atoms with Crippen LogP contribution in [0.25, 0.3) is 0 Å². The molecule has 0 bridgehead atoms. The molecule has 1 heterocycles. The molecular formula is C18H15N3O6. The third-order valence-corrected chi connectivity index (χ3v) is 4.01. The zero-order valence-electron chi connectivity index (χ0n) is 13.9. The van der Waals surface area contributed by atoms with Crippen molar-refractivity contribution in [2.75, 3.05) is 4.90 Å². The number of hydrogen-bond donors (Lipinski definition) is 4. The van der Waals surface area contributed by atoms with Gasteiger partial charge in [-0.15, -0.1) is 0 Å². The van der Waals surface area contributed by atoms with E-state index in [1.54, 1.807) is 0 Å². The number of amides is 3. The Labute approximate surface area is 153 Å². The number of carboxylic acid groups (broad SMARTS) is 1. The summed E-state index contributed by atoms with van der Waals surface area (Å²) in [6, 6.07) is 9.90. The Morgan fingerprint density at radius 3 is 2.15 bits per heavy atom. The highest BCUT2D eigenvalue weighted by Crippen LogP contribution is 2.23. The zero-order chi connectivity index (χ0) is 19.6. The average molecular weight is 369 g/mol. The van der Waals surface area contributed by atoms with Crippen LogP contribution in [-0.4, -0.2) is 39.9 Å². The number of nitrogens with one attached hydrogen (secondary N) is 2. The predicted octanol–water partition coefficient (Wildman–Crippen LogP) is 0.657. The molecule has 0 aromatic heterocycles.